The summed E-state index contributed by atoms with van der Waals surface area (Å²) >= 11 is 0. The number of aromatic hydroxyl groups is 2. The Morgan fingerprint density at radius 3 is 1.21 bits per heavy atom. The summed E-state index contributed by atoms with van der Waals surface area (Å²) in [5, 5.41) is 17.8. The smallest absolute Gasteiger partial charge is 0.153 e. The van der Waals surface area contributed by atoms with E-state index >= 15 is 0 Å². The number of phenolic OH excluding ortho intramolecular Hbond substituents is 2. The average molecular weight is 292 g/mol. The molecule has 4 nitrogen and oxygen atoms in total. The molecule has 0 aromatic heterocycles. The van der Waals surface area contributed by atoms with Gasteiger partial charge in [-0.1, -0.05) is 24.3 Å². The molecule has 0 aliphatic heterocycles. The Morgan fingerprint density at radius 2 is 1.00 bits per heavy atom. The quantitative estimate of drug-likeness (QED) is 0.658. The molecule has 2 rings (SSSR count). The molecule has 0 heterocycles. The monoisotopic (exact) mass is 292 g/mol. The van der Waals surface area contributed by atoms with Crippen molar-refractivity contribution in [1.82, 2.24) is 0 Å². The van der Waals surface area contributed by atoms with Gasteiger partial charge in [-0.05, 0) is 24.3 Å². The Hall–Kier alpha value is -1.91. The van der Waals surface area contributed by atoms with Gasteiger partial charge < -0.3 is 10.2 Å². The van der Waals surface area contributed by atoms with Crippen molar-refractivity contribution >= 4 is 12.6 Å². The van der Waals surface area contributed by atoms with Crippen molar-refractivity contribution in [2.75, 3.05) is 0 Å². The minimum absolute atomic E-state index is 0. The second kappa shape index (κ2) is 9.08. The van der Waals surface area contributed by atoms with E-state index < -0.39 is 0 Å². The molecule has 0 saturated heterocycles. The van der Waals surface area contributed by atoms with Crippen LogP contribution in [0.3, 0.4) is 0 Å². The maximum absolute atomic E-state index is 10.1. The first-order valence-electron chi connectivity index (χ1n) is 5.15. The minimum atomic E-state index is 0. The van der Waals surface area contributed by atoms with E-state index in [-0.39, 0.29) is 33.2 Å². The second-order valence-corrected chi connectivity index (χ2v) is 3.35. The summed E-state index contributed by atoms with van der Waals surface area (Å²) < 4.78 is 0. The molecule has 2 aromatic rings. The molecule has 0 amide bonds. The number of carbonyl (C=O) groups is 2. The summed E-state index contributed by atoms with van der Waals surface area (Å²) in [7, 11) is 0. The van der Waals surface area contributed by atoms with Crippen LogP contribution in [0.2, 0.25) is 0 Å². The molecule has 0 aliphatic carbocycles. The number of carbonyl (C=O) groups excluding carboxylic acids is 2. The summed E-state index contributed by atoms with van der Waals surface area (Å²) in [6.45, 7) is 0. The van der Waals surface area contributed by atoms with Gasteiger partial charge in [-0.15, -0.1) is 0 Å². The van der Waals surface area contributed by atoms with E-state index in [0.29, 0.717) is 23.7 Å². The number of rotatable bonds is 2. The summed E-state index contributed by atoms with van der Waals surface area (Å²) in [5.74, 6) is 0.0694. The van der Waals surface area contributed by atoms with Crippen LogP contribution in [0.5, 0.6) is 11.5 Å². The molecule has 0 saturated carbocycles. The molecule has 0 radical (unpaired) electrons. The van der Waals surface area contributed by atoms with E-state index in [1.165, 1.54) is 12.1 Å². The van der Waals surface area contributed by atoms with Crippen LogP contribution in [-0.2, 0) is 21.7 Å². The fraction of sp³-hybridized carbons (Fsp3) is 0. The van der Waals surface area contributed by atoms with Crippen molar-refractivity contribution < 1.29 is 41.5 Å². The van der Waals surface area contributed by atoms with Gasteiger partial charge in [-0.3, -0.25) is 9.59 Å². The molecule has 2 aromatic carbocycles. The van der Waals surface area contributed by atoms with Crippen molar-refractivity contribution in [2.24, 2.45) is 0 Å². The zero-order chi connectivity index (χ0) is 13.4. The van der Waals surface area contributed by atoms with E-state index in [9.17, 15) is 9.59 Å². The third-order valence-corrected chi connectivity index (χ3v) is 2.13. The molecule has 0 spiro atoms. The number of aldehydes is 2. The zero-order valence-corrected chi connectivity index (χ0v) is 11.5. The van der Waals surface area contributed by atoms with Gasteiger partial charge in [0.05, 0.1) is 11.1 Å². The van der Waals surface area contributed by atoms with Crippen LogP contribution in [0.25, 0.3) is 0 Å². The Balaban J connectivity index is 0.000000324. The maximum atomic E-state index is 10.1. The van der Waals surface area contributed by atoms with Crippen molar-refractivity contribution in [1.29, 1.82) is 0 Å². The van der Waals surface area contributed by atoms with Gasteiger partial charge in [0.15, 0.2) is 12.6 Å². The van der Waals surface area contributed by atoms with Crippen LogP contribution in [0, 0.1) is 0 Å². The molecular formula is C14H12O4Ti. The van der Waals surface area contributed by atoms with Gasteiger partial charge in [-0.25, -0.2) is 0 Å². The van der Waals surface area contributed by atoms with Gasteiger partial charge in [0.25, 0.3) is 0 Å². The average Bonchev–Trinajstić information content (AvgIpc) is 2.41. The topological polar surface area (TPSA) is 74.6 Å². The SMILES string of the molecule is O=Cc1ccccc1O.O=Cc1ccccc1O.[Ti]. The Bertz CT molecular complexity index is 491. The van der Waals surface area contributed by atoms with E-state index in [2.05, 4.69) is 0 Å². The Labute approximate surface area is 125 Å². The number of benzene rings is 2. The molecule has 19 heavy (non-hydrogen) atoms. The number of phenols is 2. The molecular weight excluding hydrogens is 280 g/mol. The maximum Gasteiger partial charge on any atom is 0.153 e. The molecule has 5 heteroatoms. The van der Waals surface area contributed by atoms with Crippen molar-refractivity contribution in [3.05, 3.63) is 59.7 Å². The summed E-state index contributed by atoms with van der Waals surface area (Å²) in [6, 6.07) is 12.8. The Morgan fingerprint density at radius 1 is 0.684 bits per heavy atom. The number of para-hydroxylation sites is 2. The fourth-order valence-electron chi connectivity index (χ4n) is 1.17. The first kappa shape index (κ1) is 17.1. The van der Waals surface area contributed by atoms with Crippen LogP contribution < -0.4 is 0 Å². The number of hydrogen-bond donors (Lipinski definition) is 2. The standard InChI is InChI=1S/2C7H6O2.Ti/c2*8-5-6-3-1-2-4-7(6)9;/h2*1-5,9H;. The van der Waals surface area contributed by atoms with Crippen molar-refractivity contribution in [3.8, 4) is 11.5 Å². The molecule has 2 N–H and O–H groups in total. The van der Waals surface area contributed by atoms with Gasteiger partial charge in [-0.2, -0.15) is 0 Å². The largest absolute Gasteiger partial charge is 0.507 e. The van der Waals surface area contributed by atoms with Crippen LogP contribution >= 0.6 is 0 Å². The van der Waals surface area contributed by atoms with E-state index in [0.717, 1.165) is 0 Å². The van der Waals surface area contributed by atoms with E-state index in [4.69, 9.17) is 10.2 Å². The summed E-state index contributed by atoms with van der Waals surface area (Å²) in [5.41, 5.74) is 0.662. The molecule has 0 aliphatic rings. The van der Waals surface area contributed by atoms with E-state index in [1.807, 2.05) is 0 Å². The second-order valence-electron chi connectivity index (χ2n) is 3.35. The molecule has 0 atom stereocenters. The van der Waals surface area contributed by atoms with Crippen LogP contribution in [0.1, 0.15) is 20.7 Å². The Kier molecular flexibility index (Phi) is 8.17. The van der Waals surface area contributed by atoms with Crippen LogP contribution in [0.4, 0.5) is 0 Å². The summed E-state index contributed by atoms with van der Waals surface area (Å²) in [6.07, 6.45) is 1.24. The van der Waals surface area contributed by atoms with Gasteiger partial charge in [0.1, 0.15) is 11.5 Å². The van der Waals surface area contributed by atoms with Gasteiger partial charge in [0.2, 0.25) is 0 Å². The fourth-order valence-corrected chi connectivity index (χ4v) is 1.17. The van der Waals surface area contributed by atoms with Gasteiger partial charge >= 0.3 is 0 Å². The van der Waals surface area contributed by atoms with E-state index in [1.54, 1.807) is 36.4 Å². The minimum Gasteiger partial charge on any atom is -0.507 e. The predicted octanol–water partition coefficient (Wildman–Crippen LogP) is 2.41. The molecule has 0 unspecified atom stereocenters. The third-order valence-electron chi connectivity index (χ3n) is 2.13. The zero-order valence-electron chi connectivity index (χ0n) is 9.98. The van der Waals surface area contributed by atoms with Crippen molar-refractivity contribution in [2.45, 2.75) is 0 Å². The third kappa shape index (κ3) is 5.51. The predicted molar refractivity (Wildman–Crippen MR) is 67.0 cm³/mol. The molecule has 0 bridgehead atoms. The van der Waals surface area contributed by atoms with Gasteiger partial charge in [0, 0.05) is 21.7 Å². The number of hydrogen-bond acceptors (Lipinski definition) is 4. The first-order valence-corrected chi connectivity index (χ1v) is 5.15. The summed E-state index contributed by atoms with van der Waals surface area (Å²) in [4.78, 5) is 20.1. The van der Waals surface area contributed by atoms with Crippen LogP contribution in [0.15, 0.2) is 48.5 Å². The normalized spacial score (nSPS) is 8.42. The van der Waals surface area contributed by atoms with Crippen molar-refractivity contribution in [3.63, 3.8) is 0 Å². The first-order chi connectivity index (χ1) is 8.69. The van der Waals surface area contributed by atoms with Crippen LogP contribution in [-0.4, -0.2) is 22.8 Å². The molecule has 0 fully saturated rings. The molecule has 96 valence electrons.